The van der Waals surface area contributed by atoms with E-state index in [1.54, 1.807) is 4.90 Å². The molecular formula is C14H22N2O4. The van der Waals surface area contributed by atoms with E-state index in [4.69, 9.17) is 0 Å². The monoisotopic (exact) mass is 282 g/mol. The molecule has 0 spiro atoms. The van der Waals surface area contributed by atoms with Crippen molar-refractivity contribution in [3.63, 3.8) is 0 Å². The first kappa shape index (κ1) is 14.8. The van der Waals surface area contributed by atoms with E-state index in [-0.39, 0.29) is 18.4 Å². The summed E-state index contributed by atoms with van der Waals surface area (Å²) in [6, 6.07) is 0. The average molecular weight is 282 g/mol. The van der Waals surface area contributed by atoms with Crippen LogP contribution in [0.1, 0.15) is 45.4 Å². The average Bonchev–Trinajstić information content (AvgIpc) is 2.98. The first-order valence-corrected chi connectivity index (χ1v) is 7.33. The molecule has 0 aromatic carbocycles. The van der Waals surface area contributed by atoms with Gasteiger partial charge in [0.15, 0.2) is 0 Å². The molecule has 0 saturated carbocycles. The zero-order valence-corrected chi connectivity index (χ0v) is 11.9. The van der Waals surface area contributed by atoms with Crippen LogP contribution < -0.4 is 0 Å². The lowest BCUT2D eigenvalue weighted by molar-refractivity contribution is -0.158. The zero-order chi connectivity index (χ0) is 14.8. The Bertz CT molecular complexity index is 423. The largest absolute Gasteiger partial charge is 0.479 e. The maximum Gasteiger partial charge on any atom is 0.329 e. The number of hydrogen-bond acceptors (Lipinski definition) is 3. The van der Waals surface area contributed by atoms with Gasteiger partial charge in [0.25, 0.3) is 0 Å². The number of rotatable bonds is 5. The van der Waals surface area contributed by atoms with Crippen molar-refractivity contribution in [3.05, 3.63) is 0 Å². The minimum Gasteiger partial charge on any atom is -0.479 e. The Morgan fingerprint density at radius 3 is 2.60 bits per heavy atom. The third-order valence-corrected chi connectivity index (χ3v) is 4.35. The molecule has 2 aliphatic rings. The van der Waals surface area contributed by atoms with E-state index in [2.05, 4.69) is 0 Å². The first-order valence-electron chi connectivity index (χ1n) is 7.33. The Morgan fingerprint density at radius 2 is 2.05 bits per heavy atom. The van der Waals surface area contributed by atoms with E-state index < -0.39 is 11.5 Å². The summed E-state index contributed by atoms with van der Waals surface area (Å²) in [4.78, 5) is 38.7. The molecule has 0 radical (unpaired) electrons. The predicted molar refractivity (Wildman–Crippen MR) is 72.0 cm³/mol. The molecule has 0 bridgehead atoms. The van der Waals surface area contributed by atoms with Gasteiger partial charge >= 0.3 is 5.97 Å². The number of carboxylic acids is 1. The smallest absolute Gasteiger partial charge is 0.329 e. The van der Waals surface area contributed by atoms with Gasteiger partial charge in [-0.2, -0.15) is 0 Å². The van der Waals surface area contributed by atoms with E-state index in [1.807, 2.05) is 6.92 Å². The van der Waals surface area contributed by atoms with Gasteiger partial charge in [0.1, 0.15) is 5.54 Å². The van der Waals surface area contributed by atoms with Crippen LogP contribution in [0.2, 0.25) is 0 Å². The molecule has 112 valence electrons. The van der Waals surface area contributed by atoms with E-state index in [0.29, 0.717) is 38.8 Å². The molecule has 2 saturated heterocycles. The maximum absolute atomic E-state index is 12.4. The van der Waals surface area contributed by atoms with Crippen LogP contribution in [0.15, 0.2) is 0 Å². The molecule has 1 N–H and O–H groups in total. The van der Waals surface area contributed by atoms with Crippen molar-refractivity contribution in [2.45, 2.75) is 51.0 Å². The predicted octanol–water partition coefficient (Wildman–Crippen LogP) is 0.855. The second-order valence-corrected chi connectivity index (χ2v) is 5.65. The lowest BCUT2D eigenvalue weighted by Gasteiger charge is -2.35. The van der Waals surface area contributed by atoms with Crippen LogP contribution >= 0.6 is 0 Å². The summed E-state index contributed by atoms with van der Waals surface area (Å²) >= 11 is 0. The molecule has 0 aromatic heterocycles. The fraction of sp³-hybridized carbons (Fsp3) is 0.786. The molecule has 20 heavy (non-hydrogen) atoms. The topological polar surface area (TPSA) is 77.9 Å². The Balaban J connectivity index is 2.10. The summed E-state index contributed by atoms with van der Waals surface area (Å²) in [5.41, 5.74) is -1.06. The molecule has 2 amide bonds. The second kappa shape index (κ2) is 5.81. The van der Waals surface area contributed by atoms with Crippen molar-refractivity contribution in [1.29, 1.82) is 0 Å². The summed E-state index contributed by atoms with van der Waals surface area (Å²) in [5, 5.41) is 9.55. The molecule has 2 heterocycles. The third kappa shape index (κ3) is 2.51. The Hall–Kier alpha value is -1.59. The van der Waals surface area contributed by atoms with Gasteiger partial charge in [-0.05, 0) is 25.7 Å². The van der Waals surface area contributed by atoms with Crippen molar-refractivity contribution in [2.24, 2.45) is 0 Å². The normalized spacial score (nSPS) is 26.4. The van der Waals surface area contributed by atoms with Crippen molar-refractivity contribution < 1.29 is 19.5 Å². The second-order valence-electron chi connectivity index (χ2n) is 5.65. The Morgan fingerprint density at radius 1 is 1.30 bits per heavy atom. The summed E-state index contributed by atoms with van der Waals surface area (Å²) in [6.07, 6.45) is 3.69. The van der Waals surface area contributed by atoms with Crippen molar-refractivity contribution in [2.75, 3.05) is 19.6 Å². The molecule has 6 heteroatoms. The minimum atomic E-state index is -1.06. The molecule has 1 atom stereocenters. The third-order valence-electron chi connectivity index (χ3n) is 4.35. The number of hydrogen-bond donors (Lipinski definition) is 1. The van der Waals surface area contributed by atoms with Crippen LogP contribution in [0, 0.1) is 0 Å². The Kier molecular flexibility index (Phi) is 4.30. The first-order chi connectivity index (χ1) is 9.51. The molecule has 0 aromatic rings. The Labute approximate surface area is 118 Å². The zero-order valence-electron chi connectivity index (χ0n) is 11.9. The van der Waals surface area contributed by atoms with Crippen LogP contribution in [0.3, 0.4) is 0 Å². The van der Waals surface area contributed by atoms with Gasteiger partial charge in [-0.15, -0.1) is 0 Å². The number of likely N-dealkylation sites (tertiary alicyclic amines) is 2. The molecule has 1 unspecified atom stereocenters. The van der Waals surface area contributed by atoms with Gasteiger partial charge in [-0.1, -0.05) is 13.3 Å². The highest BCUT2D eigenvalue weighted by atomic mass is 16.4. The highest BCUT2D eigenvalue weighted by Gasteiger charge is 2.49. The fourth-order valence-corrected chi connectivity index (χ4v) is 3.36. The lowest BCUT2D eigenvalue weighted by Crippen LogP contribution is -2.55. The van der Waals surface area contributed by atoms with Crippen LogP contribution in [-0.4, -0.2) is 57.9 Å². The minimum absolute atomic E-state index is 0.00559. The highest BCUT2D eigenvalue weighted by molar-refractivity contribution is 5.91. The van der Waals surface area contributed by atoms with Crippen molar-refractivity contribution in [1.82, 2.24) is 9.80 Å². The summed E-state index contributed by atoms with van der Waals surface area (Å²) in [7, 11) is 0. The van der Waals surface area contributed by atoms with Gasteiger partial charge < -0.3 is 14.9 Å². The van der Waals surface area contributed by atoms with Gasteiger partial charge in [0, 0.05) is 19.5 Å². The van der Waals surface area contributed by atoms with Gasteiger partial charge in [-0.3, -0.25) is 9.59 Å². The summed E-state index contributed by atoms with van der Waals surface area (Å²) < 4.78 is 0. The van der Waals surface area contributed by atoms with E-state index in [1.165, 1.54) is 4.90 Å². The summed E-state index contributed by atoms with van der Waals surface area (Å²) in [6.45, 7) is 3.03. The SMILES string of the molecule is CCCC1(C(=O)O)CCCN1C(=O)CN1CCCC1=O. The highest BCUT2D eigenvalue weighted by Crippen LogP contribution is 2.34. The van der Waals surface area contributed by atoms with Crippen LogP contribution in [0.25, 0.3) is 0 Å². The van der Waals surface area contributed by atoms with Gasteiger partial charge in [-0.25, -0.2) is 4.79 Å². The van der Waals surface area contributed by atoms with Crippen LogP contribution in [0.4, 0.5) is 0 Å². The van der Waals surface area contributed by atoms with E-state index in [9.17, 15) is 19.5 Å². The van der Waals surface area contributed by atoms with Crippen LogP contribution in [-0.2, 0) is 14.4 Å². The fourth-order valence-electron chi connectivity index (χ4n) is 3.36. The molecule has 2 fully saturated rings. The summed E-state index contributed by atoms with van der Waals surface area (Å²) in [5.74, 6) is -1.15. The molecule has 0 aliphatic carbocycles. The number of amides is 2. The van der Waals surface area contributed by atoms with Crippen LogP contribution in [0.5, 0.6) is 0 Å². The standard InChI is InChI=1S/C14H22N2O4/c1-2-6-14(13(19)20)7-4-9-16(14)12(18)10-15-8-3-5-11(15)17/h2-10H2,1H3,(H,19,20). The molecule has 2 aliphatic heterocycles. The molecular weight excluding hydrogens is 260 g/mol. The lowest BCUT2D eigenvalue weighted by atomic mass is 9.90. The van der Waals surface area contributed by atoms with Crippen molar-refractivity contribution in [3.8, 4) is 0 Å². The molecule has 6 nitrogen and oxygen atoms in total. The number of carbonyl (C=O) groups excluding carboxylic acids is 2. The van der Waals surface area contributed by atoms with Gasteiger partial charge in [0.05, 0.1) is 6.54 Å². The number of carbonyl (C=O) groups is 3. The van der Waals surface area contributed by atoms with E-state index in [0.717, 1.165) is 12.8 Å². The number of aliphatic carboxylic acids is 1. The maximum atomic E-state index is 12.4. The number of nitrogens with zero attached hydrogens (tertiary/aromatic N) is 2. The van der Waals surface area contributed by atoms with E-state index >= 15 is 0 Å². The van der Waals surface area contributed by atoms with Crippen molar-refractivity contribution >= 4 is 17.8 Å². The molecule has 2 rings (SSSR count). The number of carboxylic acid groups (broad SMARTS) is 1. The van der Waals surface area contributed by atoms with Gasteiger partial charge in [0.2, 0.25) is 11.8 Å². The quantitative estimate of drug-likeness (QED) is 0.811.